The zero-order valence-electron chi connectivity index (χ0n) is 24.5. The predicted molar refractivity (Wildman–Crippen MR) is 155 cm³/mol. The van der Waals surface area contributed by atoms with Crippen LogP contribution in [0, 0.1) is 11.8 Å². The molecule has 2 N–H and O–H groups in total. The summed E-state index contributed by atoms with van der Waals surface area (Å²) in [7, 11) is -0.872. The molecule has 2 aromatic carbocycles. The van der Waals surface area contributed by atoms with E-state index in [1.807, 2.05) is 44.2 Å². The molecule has 0 aromatic heterocycles. The standard InChI is InChI=1S/C30H42N2O9S/c1-20(2)17-32(42(35,36)23-12-10-22(37-3)11-13-23)18-25(33)24(16-21-8-6-5-7-9-21)31-30(34)41-26-14-15-39-29-28(26)27(38-4)19-40-29/h5-13,20,24-29,33H,14-19H2,1-4H3,(H,31,34)/t24-,25+,26-,27-,28+,29-/m0/s1. The Morgan fingerprint density at radius 2 is 1.76 bits per heavy atom. The Morgan fingerprint density at radius 1 is 1.05 bits per heavy atom. The summed E-state index contributed by atoms with van der Waals surface area (Å²) >= 11 is 0. The number of sulfonamides is 1. The lowest BCUT2D eigenvalue weighted by molar-refractivity contribution is -0.184. The average Bonchev–Trinajstić information content (AvgIpc) is 3.41. The summed E-state index contributed by atoms with van der Waals surface area (Å²) < 4.78 is 56.4. The normalized spacial score (nSPS) is 23.8. The predicted octanol–water partition coefficient (Wildman–Crippen LogP) is 2.82. The van der Waals surface area contributed by atoms with Crippen molar-refractivity contribution < 1.29 is 42.0 Å². The number of amides is 1. The van der Waals surface area contributed by atoms with Crippen LogP contribution in [0.25, 0.3) is 0 Å². The second-order valence-corrected chi connectivity index (χ2v) is 13.0. The van der Waals surface area contributed by atoms with Crippen LogP contribution in [-0.2, 0) is 35.4 Å². The van der Waals surface area contributed by atoms with Crippen molar-refractivity contribution in [1.29, 1.82) is 0 Å². The second-order valence-electron chi connectivity index (χ2n) is 11.1. The van der Waals surface area contributed by atoms with Crippen LogP contribution in [0.15, 0.2) is 59.5 Å². The number of aliphatic hydroxyl groups excluding tert-OH is 1. The maximum absolute atomic E-state index is 13.7. The molecule has 1 amide bonds. The molecule has 2 aliphatic rings. The van der Waals surface area contributed by atoms with Gasteiger partial charge in [-0.2, -0.15) is 4.31 Å². The van der Waals surface area contributed by atoms with Gasteiger partial charge in [0.2, 0.25) is 10.0 Å². The van der Waals surface area contributed by atoms with Gasteiger partial charge in [0, 0.05) is 26.6 Å². The van der Waals surface area contributed by atoms with E-state index in [2.05, 4.69) is 5.32 Å². The third-order valence-corrected chi connectivity index (χ3v) is 9.41. The van der Waals surface area contributed by atoms with Crippen LogP contribution in [-0.4, -0.2) is 95.1 Å². The van der Waals surface area contributed by atoms with E-state index in [9.17, 15) is 18.3 Å². The van der Waals surface area contributed by atoms with Crippen molar-refractivity contribution in [2.45, 2.75) is 62.2 Å². The quantitative estimate of drug-likeness (QED) is 0.353. The van der Waals surface area contributed by atoms with Gasteiger partial charge in [-0.15, -0.1) is 0 Å². The highest BCUT2D eigenvalue weighted by Gasteiger charge is 2.48. The number of ether oxygens (including phenoxy) is 5. The topological polar surface area (TPSA) is 133 Å². The molecule has 2 aliphatic heterocycles. The van der Waals surface area contributed by atoms with E-state index in [1.165, 1.54) is 23.5 Å². The summed E-state index contributed by atoms with van der Waals surface area (Å²) in [6, 6.07) is 14.7. The number of alkyl carbamates (subject to hydrolysis) is 1. The van der Waals surface area contributed by atoms with E-state index >= 15 is 0 Å². The van der Waals surface area contributed by atoms with Crippen molar-refractivity contribution >= 4 is 16.1 Å². The Labute approximate surface area is 248 Å². The molecular weight excluding hydrogens is 564 g/mol. The lowest BCUT2D eigenvalue weighted by Crippen LogP contribution is -2.52. The van der Waals surface area contributed by atoms with E-state index < -0.39 is 40.7 Å². The molecule has 0 radical (unpaired) electrons. The molecule has 232 valence electrons. The number of fused-ring (bicyclic) bond motifs is 1. The maximum atomic E-state index is 13.7. The molecule has 0 spiro atoms. The van der Waals surface area contributed by atoms with Gasteiger partial charge in [0.25, 0.3) is 0 Å². The van der Waals surface area contributed by atoms with Crippen molar-refractivity contribution in [3.63, 3.8) is 0 Å². The molecule has 2 aromatic rings. The summed E-state index contributed by atoms with van der Waals surface area (Å²) in [4.78, 5) is 13.3. The lowest BCUT2D eigenvalue weighted by atomic mass is 9.93. The van der Waals surface area contributed by atoms with E-state index in [4.69, 9.17) is 23.7 Å². The highest BCUT2D eigenvalue weighted by atomic mass is 32.2. The van der Waals surface area contributed by atoms with Crippen LogP contribution in [0.5, 0.6) is 5.75 Å². The van der Waals surface area contributed by atoms with Gasteiger partial charge in [0.1, 0.15) is 11.9 Å². The Bertz CT molecular complexity index is 1240. The van der Waals surface area contributed by atoms with Crippen LogP contribution in [0.1, 0.15) is 25.8 Å². The van der Waals surface area contributed by atoms with Crippen LogP contribution in [0.2, 0.25) is 0 Å². The number of nitrogens with one attached hydrogen (secondary N) is 1. The van der Waals surface area contributed by atoms with E-state index in [0.29, 0.717) is 25.4 Å². The van der Waals surface area contributed by atoms with Crippen LogP contribution >= 0.6 is 0 Å². The van der Waals surface area contributed by atoms with Crippen molar-refractivity contribution in [2.24, 2.45) is 11.8 Å². The second kappa shape index (κ2) is 14.6. The van der Waals surface area contributed by atoms with Crippen molar-refractivity contribution in [3.8, 4) is 5.75 Å². The number of carbonyl (C=O) groups excluding carboxylic acids is 1. The molecule has 6 atom stereocenters. The first-order valence-corrected chi connectivity index (χ1v) is 15.7. The number of hydrogen-bond acceptors (Lipinski definition) is 9. The number of rotatable bonds is 13. The average molecular weight is 607 g/mol. The Hall–Kier alpha value is -2.74. The largest absolute Gasteiger partial charge is 0.497 e. The SMILES string of the molecule is COc1ccc(S(=O)(=O)N(CC(C)C)C[C@@H](O)[C@H](Cc2ccccc2)NC(=O)O[C@H]2CCO[C@H]3OC[C@H](OC)[C@H]32)cc1. The van der Waals surface area contributed by atoms with Crippen molar-refractivity contribution in [2.75, 3.05) is 40.5 Å². The van der Waals surface area contributed by atoms with Crippen LogP contribution in [0.4, 0.5) is 4.79 Å². The van der Waals surface area contributed by atoms with Crippen LogP contribution in [0.3, 0.4) is 0 Å². The molecule has 0 unspecified atom stereocenters. The first-order chi connectivity index (χ1) is 20.1. The van der Waals surface area contributed by atoms with Gasteiger partial charge in [-0.25, -0.2) is 13.2 Å². The molecule has 2 fully saturated rings. The minimum absolute atomic E-state index is 0.0143. The number of aliphatic hydroxyl groups is 1. The smallest absolute Gasteiger partial charge is 0.407 e. The molecular formula is C30H42N2O9S. The zero-order chi connectivity index (χ0) is 30.3. The minimum atomic E-state index is -3.96. The van der Waals surface area contributed by atoms with Gasteiger partial charge in [-0.1, -0.05) is 44.2 Å². The van der Waals surface area contributed by atoms with Gasteiger partial charge < -0.3 is 34.1 Å². The first-order valence-electron chi connectivity index (χ1n) is 14.2. The number of benzene rings is 2. The van der Waals surface area contributed by atoms with Gasteiger partial charge >= 0.3 is 6.09 Å². The molecule has 42 heavy (non-hydrogen) atoms. The summed E-state index contributed by atoms with van der Waals surface area (Å²) in [5.41, 5.74) is 0.866. The fraction of sp³-hybridized carbons (Fsp3) is 0.567. The molecule has 0 saturated carbocycles. The Morgan fingerprint density at radius 3 is 2.40 bits per heavy atom. The number of hydrogen-bond donors (Lipinski definition) is 2. The fourth-order valence-electron chi connectivity index (χ4n) is 5.40. The van der Waals surface area contributed by atoms with Gasteiger partial charge in [0.05, 0.1) is 49.4 Å². The first kappa shape index (κ1) is 32.2. The Kier molecular flexibility index (Phi) is 11.2. The number of nitrogens with zero attached hydrogens (tertiary/aromatic N) is 1. The fourth-order valence-corrected chi connectivity index (χ4v) is 7.02. The van der Waals surface area contributed by atoms with Crippen molar-refractivity contribution in [3.05, 3.63) is 60.2 Å². The monoisotopic (exact) mass is 606 g/mol. The molecule has 2 saturated heterocycles. The summed E-state index contributed by atoms with van der Waals surface area (Å²) in [5.74, 6) is 0.245. The van der Waals surface area contributed by atoms with E-state index in [-0.39, 0.29) is 42.3 Å². The lowest BCUT2D eigenvalue weighted by Gasteiger charge is -2.35. The van der Waals surface area contributed by atoms with Gasteiger partial charge in [0.15, 0.2) is 6.29 Å². The molecule has 0 aliphatic carbocycles. The number of carbonyl (C=O) groups is 1. The highest BCUT2D eigenvalue weighted by Crippen LogP contribution is 2.34. The maximum Gasteiger partial charge on any atom is 0.407 e. The molecule has 11 nitrogen and oxygen atoms in total. The van der Waals surface area contributed by atoms with Crippen molar-refractivity contribution in [1.82, 2.24) is 9.62 Å². The molecule has 2 heterocycles. The number of methoxy groups -OCH3 is 2. The highest BCUT2D eigenvalue weighted by molar-refractivity contribution is 7.89. The van der Waals surface area contributed by atoms with Crippen LogP contribution < -0.4 is 10.1 Å². The van der Waals surface area contributed by atoms with Gasteiger partial charge in [-0.05, 0) is 42.2 Å². The zero-order valence-corrected chi connectivity index (χ0v) is 25.4. The van der Waals surface area contributed by atoms with E-state index in [1.54, 1.807) is 19.2 Å². The Balaban J connectivity index is 1.52. The molecule has 4 rings (SSSR count). The third kappa shape index (κ3) is 8.00. The van der Waals surface area contributed by atoms with E-state index in [0.717, 1.165) is 5.56 Å². The third-order valence-electron chi connectivity index (χ3n) is 7.57. The molecule has 12 heteroatoms. The minimum Gasteiger partial charge on any atom is -0.497 e. The summed E-state index contributed by atoms with van der Waals surface area (Å²) in [6.07, 6.45) is -2.50. The summed E-state index contributed by atoms with van der Waals surface area (Å²) in [5, 5.41) is 14.3. The van der Waals surface area contributed by atoms with Gasteiger partial charge in [-0.3, -0.25) is 0 Å². The molecule has 0 bridgehead atoms. The summed E-state index contributed by atoms with van der Waals surface area (Å²) in [6.45, 7) is 4.47.